The molecule has 1 amide bonds. The number of fused-ring (bicyclic) bond motifs is 1. The summed E-state index contributed by atoms with van der Waals surface area (Å²) in [5.41, 5.74) is 3.85. The summed E-state index contributed by atoms with van der Waals surface area (Å²) in [7, 11) is 0. The van der Waals surface area contributed by atoms with E-state index in [0.29, 0.717) is 5.91 Å². The quantitative estimate of drug-likeness (QED) is 0.459. The van der Waals surface area contributed by atoms with Crippen LogP contribution >= 0.6 is 11.6 Å². The Kier molecular flexibility index (Phi) is 7.76. The van der Waals surface area contributed by atoms with Gasteiger partial charge in [-0.15, -0.1) is 0 Å². The molecule has 2 aliphatic rings. The van der Waals surface area contributed by atoms with Crippen molar-refractivity contribution in [1.29, 1.82) is 0 Å². The van der Waals surface area contributed by atoms with Crippen LogP contribution in [0.1, 0.15) is 37.4 Å². The van der Waals surface area contributed by atoms with Gasteiger partial charge >= 0.3 is 0 Å². The predicted octanol–water partition coefficient (Wildman–Crippen LogP) is 5.11. The molecule has 0 N–H and O–H groups in total. The van der Waals surface area contributed by atoms with Crippen LogP contribution in [-0.2, 0) is 17.9 Å². The van der Waals surface area contributed by atoms with Crippen molar-refractivity contribution in [1.82, 2.24) is 19.3 Å². The molecule has 2 fully saturated rings. The summed E-state index contributed by atoms with van der Waals surface area (Å²) >= 11 is 6.11. The van der Waals surface area contributed by atoms with Gasteiger partial charge in [0.1, 0.15) is 0 Å². The average Bonchev–Trinajstić information content (AvgIpc) is 3.23. The minimum atomic E-state index is 0.184. The Morgan fingerprint density at radius 1 is 0.886 bits per heavy atom. The van der Waals surface area contributed by atoms with E-state index in [2.05, 4.69) is 68.7 Å². The van der Waals surface area contributed by atoms with Crippen LogP contribution in [0, 0.1) is 5.92 Å². The van der Waals surface area contributed by atoms with Gasteiger partial charge < -0.3 is 9.47 Å². The van der Waals surface area contributed by atoms with Gasteiger partial charge in [-0.2, -0.15) is 0 Å². The smallest absolute Gasteiger partial charge is 0.225 e. The first-order valence-corrected chi connectivity index (χ1v) is 13.5. The summed E-state index contributed by atoms with van der Waals surface area (Å²) in [4.78, 5) is 20.3. The van der Waals surface area contributed by atoms with Gasteiger partial charge in [-0.25, -0.2) is 0 Å². The molecule has 35 heavy (non-hydrogen) atoms. The minimum Gasteiger partial charge on any atom is -0.340 e. The number of amides is 1. The molecule has 1 aromatic heterocycles. The van der Waals surface area contributed by atoms with E-state index in [1.807, 2.05) is 12.1 Å². The Labute approximate surface area is 214 Å². The number of piperidine rings is 1. The highest BCUT2D eigenvalue weighted by Crippen LogP contribution is 2.26. The highest BCUT2D eigenvalue weighted by atomic mass is 35.5. The summed E-state index contributed by atoms with van der Waals surface area (Å²) in [5.74, 6) is 0.571. The van der Waals surface area contributed by atoms with Crippen molar-refractivity contribution in [2.24, 2.45) is 5.92 Å². The second-order valence-corrected chi connectivity index (χ2v) is 10.6. The van der Waals surface area contributed by atoms with E-state index in [1.165, 1.54) is 28.6 Å². The van der Waals surface area contributed by atoms with Crippen molar-refractivity contribution in [3.05, 3.63) is 70.9 Å². The Morgan fingerprint density at radius 2 is 1.60 bits per heavy atom. The standard InChI is InChI=1S/C29H37ClN4O/c1-2-13-31-16-18-33(19-17-31)29(35)24-11-14-32(15-12-24)22-27-20-25-5-3-4-6-28(25)34(27)21-23-7-9-26(30)10-8-23/h3-10,20,24H,2,11-19,21-22H2,1H3. The lowest BCUT2D eigenvalue weighted by atomic mass is 9.95. The van der Waals surface area contributed by atoms with Crippen LogP contribution in [-0.4, -0.2) is 71.0 Å². The molecule has 0 spiro atoms. The van der Waals surface area contributed by atoms with Crippen LogP contribution in [0.4, 0.5) is 0 Å². The van der Waals surface area contributed by atoms with Gasteiger partial charge in [0.2, 0.25) is 5.91 Å². The van der Waals surface area contributed by atoms with Crippen LogP contribution in [0.2, 0.25) is 5.02 Å². The lowest BCUT2D eigenvalue weighted by Crippen LogP contribution is -2.51. The molecule has 0 aliphatic carbocycles. The molecule has 2 aliphatic heterocycles. The zero-order valence-electron chi connectivity index (χ0n) is 20.8. The number of hydrogen-bond donors (Lipinski definition) is 0. The van der Waals surface area contributed by atoms with Crippen LogP contribution in [0.25, 0.3) is 10.9 Å². The second-order valence-electron chi connectivity index (χ2n) is 10.1. The molecule has 6 heteroatoms. The number of carbonyl (C=O) groups is 1. The third-order valence-electron chi connectivity index (χ3n) is 7.70. The SMILES string of the molecule is CCCN1CCN(C(=O)C2CCN(Cc3cc4ccccc4n3Cc3ccc(Cl)cc3)CC2)CC1. The predicted molar refractivity (Wildman–Crippen MR) is 144 cm³/mol. The average molecular weight is 493 g/mol. The fourth-order valence-corrected chi connectivity index (χ4v) is 5.82. The van der Waals surface area contributed by atoms with Gasteiger partial charge in [-0.3, -0.25) is 14.6 Å². The maximum Gasteiger partial charge on any atom is 0.225 e. The molecular formula is C29H37ClN4O. The van der Waals surface area contributed by atoms with Gasteiger partial charge in [-0.05, 0) is 74.1 Å². The maximum atomic E-state index is 13.2. The zero-order valence-corrected chi connectivity index (χ0v) is 21.6. The summed E-state index contributed by atoms with van der Waals surface area (Å²) in [5, 5.41) is 2.05. The van der Waals surface area contributed by atoms with E-state index >= 15 is 0 Å². The molecular weight excluding hydrogens is 456 g/mol. The molecule has 3 aromatic rings. The normalized spacial score (nSPS) is 18.4. The van der Waals surface area contributed by atoms with Gasteiger partial charge in [-0.1, -0.05) is 48.9 Å². The van der Waals surface area contributed by atoms with Crippen molar-refractivity contribution >= 4 is 28.4 Å². The Bertz CT molecular complexity index is 1130. The Balaban J connectivity index is 1.21. The molecule has 5 nitrogen and oxygen atoms in total. The number of para-hydroxylation sites is 1. The number of carbonyl (C=O) groups excluding carboxylic acids is 1. The molecule has 5 rings (SSSR count). The molecule has 0 atom stereocenters. The molecule has 0 radical (unpaired) electrons. The van der Waals surface area contributed by atoms with Crippen LogP contribution < -0.4 is 0 Å². The number of likely N-dealkylation sites (tertiary alicyclic amines) is 1. The van der Waals surface area contributed by atoms with E-state index < -0.39 is 0 Å². The number of halogens is 1. The van der Waals surface area contributed by atoms with E-state index in [-0.39, 0.29) is 5.92 Å². The van der Waals surface area contributed by atoms with Gasteiger partial charge in [0.05, 0.1) is 0 Å². The zero-order chi connectivity index (χ0) is 24.2. The first-order valence-electron chi connectivity index (χ1n) is 13.2. The van der Waals surface area contributed by atoms with E-state index in [9.17, 15) is 4.79 Å². The summed E-state index contributed by atoms with van der Waals surface area (Å²) in [6, 6.07) is 19.1. The molecule has 0 bridgehead atoms. The molecule has 186 valence electrons. The van der Waals surface area contributed by atoms with Crippen molar-refractivity contribution in [3.63, 3.8) is 0 Å². The highest BCUT2D eigenvalue weighted by Gasteiger charge is 2.30. The Hall–Kier alpha value is -2.34. The van der Waals surface area contributed by atoms with Crippen molar-refractivity contribution in [3.8, 4) is 0 Å². The topological polar surface area (TPSA) is 31.7 Å². The van der Waals surface area contributed by atoms with Gasteiger partial charge in [0.15, 0.2) is 0 Å². The maximum absolute atomic E-state index is 13.2. The van der Waals surface area contributed by atoms with E-state index in [4.69, 9.17) is 11.6 Å². The number of hydrogen-bond acceptors (Lipinski definition) is 3. The monoisotopic (exact) mass is 492 g/mol. The van der Waals surface area contributed by atoms with Crippen LogP contribution in [0.15, 0.2) is 54.6 Å². The second kappa shape index (κ2) is 11.2. The number of rotatable bonds is 7. The third-order valence-corrected chi connectivity index (χ3v) is 7.95. The first-order chi connectivity index (χ1) is 17.1. The number of aromatic nitrogens is 1. The first kappa shape index (κ1) is 24.4. The fourth-order valence-electron chi connectivity index (χ4n) is 5.69. The lowest BCUT2D eigenvalue weighted by molar-refractivity contribution is -0.138. The molecule has 0 unspecified atom stereocenters. The lowest BCUT2D eigenvalue weighted by Gasteiger charge is -2.38. The van der Waals surface area contributed by atoms with Gasteiger partial charge in [0, 0.05) is 61.4 Å². The van der Waals surface area contributed by atoms with Crippen molar-refractivity contribution in [2.45, 2.75) is 39.3 Å². The summed E-state index contributed by atoms with van der Waals surface area (Å²) in [6.07, 6.45) is 3.11. The molecule has 3 heterocycles. The molecule has 2 aromatic carbocycles. The number of piperazine rings is 1. The molecule has 2 saturated heterocycles. The fraction of sp³-hybridized carbons (Fsp3) is 0.483. The van der Waals surface area contributed by atoms with Gasteiger partial charge in [0.25, 0.3) is 0 Å². The van der Waals surface area contributed by atoms with Crippen LogP contribution in [0.5, 0.6) is 0 Å². The Morgan fingerprint density at radius 3 is 2.31 bits per heavy atom. The van der Waals surface area contributed by atoms with E-state index in [1.54, 1.807) is 0 Å². The van der Waals surface area contributed by atoms with Crippen molar-refractivity contribution < 1.29 is 4.79 Å². The summed E-state index contributed by atoms with van der Waals surface area (Å²) < 4.78 is 2.44. The minimum absolute atomic E-state index is 0.184. The third kappa shape index (κ3) is 5.74. The number of nitrogens with zero attached hydrogens (tertiary/aromatic N) is 4. The van der Waals surface area contributed by atoms with Crippen LogP contribution in [0.3, 0.4) is 0 Å². The van der Waals surface area contributed by atoms with Crippen molar-refractivity contribution in [2.75, 3.05) is 45.8 Å². The highest BCUT2D eigenvalue weighted by molar-refractivity contribution is 6.30. The summed E-state index contributed by atoms with van der Waals surface area (Å²) in [6.45, 7) is 10.9. The molecule has 0 saturated carbocycles. The van der Waals surface area contributed by atoms with E-state index in [0.717, 1.165) is 76.8 Å². The number of benzene rings is 2. The largest absolute Gasteiger partial charge is 0.340 e.